The predicted molar refractivity (Wildman–Crippen MR) is 80.3 cm³/mol. The maximum Gasteiger partial charge on any atom is 0.260 e. The zero-order chi connectivity index (χ0) is 15.8. The van der Waals surface area contributed by atoms with Gasteiger partial charge in [0.15, 0.2) is 6.10 Å². The van der Waals surface area contributed by atoms with Crippen molar-refractivity contribution in [1.82, 2.24) is 5.32 Å². The number of methoxy groups -OCH3 is 1. The molecule has 1 aromatic carbocycles. The van der Waals surface area contributed by atoms with Crippen LogP contribution in [-0.4, -0.2) is 25.2 Å². The zero-order valence-corrected chi connectivity index (χ0v) is 13.0. The van der Waals surface area contributed by atoms with Crippen LogP contribution >= 0.6 is 0 Å². The first-order chi connectivity index (χ1) is 9.99. The maximum absolute atomic E-state index is 12.0. The Balaban J connectivity index is 2.72. The van der Waals surface area contributed by atoms with Crippen molar-refractivity contribution in [1.29, 1.82) is 5.26 Å². The average molecular weight is 290 g/mol. The largest absolute Gasteiger partial charge is 0.497 e. The minimum atomic E-state index is -0.636. The fourth-order valence-electron chi connectivity index (χ4n) is 1.95. The molecule has 1 N–H and O–H groups in total. The van der Waals surface area contributed by atoms with Gasteiger partial charge < -0.3 is 14.8 Å². The number of nitriles is 1. The van der Waals surface area contributed by atoms with E-state index in [0.717, 1.165) is 12.8 Å². The number of nitrogens with zero attached hydrogens (tertiary/aromatic N) is 1. The smallest absolute Gasteiger partial charge is 0.260 e. The lowest BCUT2D eigenvalue weighted by molar-refractivity contribution is -0.127. The van der Waals surface area contributed by atoms with Crippen LogP contribution in [0, 0.1) is 11.3 Å². The minimum absolute atomic E-state index is 0.119. The Hall–Kier alpha value is -2.22. The molecule has 0 saturated carbocycles. The van der Waals surface area contributed by atoms with Gasteiger partial charge in [0.05, 0.1) is 18.7 Å². The first-order valence-electron chi connectivity index (χ1n) is 7.06. The molecule has 0 heterocycles. The SMILES string of the molecule is CCCC(C)NC(=O)C(C)Oc1cc(C#N)cc(OC)c1. The summed E-state index contributed by atoms with van der Waals surface area (Å²) in [6.07, 6.45) is 1.30. The number of rotatable bonds is 7. The molecule has 0 fully saturated rings. The van der Waals surface area contributed by atoms with E-state index in [4.69, 9.17) is 14.7 Å². The molecular formula is C16H22N2O3. The van der Waals surface area contributed by atoms with Crippen molar-refractivity contribution < 1.29 is 14.3 Å². The quantitative estimate of drug-likeness (QED) is 0.838. The Morgan fingerprint density at radius 3 is 2.57 bits per heavy atom. The van der Waals surface area contributed by atoms with E-state index in [1.54, 1.807) is 25.1 Å². The summed E-state index contributed by atoms with van der Waals surface area (Å²) in [6, 6.07) is 7.00. The van der Waals surface area contributed by atoms with Crippen molar-refractivity contribution in [3.8, 4) is 17.6 Å². The third kappa shape index (κ3) is 5.35. The molecule has 2 atom stereocenters. The fraction of sp³-hybridized carbons (Fsp3) is 0.500. The summed E-state index contributed by atoms with van der Waals surface area (Å²) < 4.78 is 10.7. The van der Waals surface area contributed by atoms with Gasteiger partial charge in [0, 0.05) is 12.1 Å². The van der Waals surface area contributed by atoms with E-state index < -0.39 is 6.10 Å². The van der Waals surface area contributed by atoms with Crippen LogP contribution in [0.25, 0.3) is 0 Å². The number of amides is 1. The van der Waals surface area contributed by atoms with Gasteiger partial charge in [-0.2, -0.15) is 5.26 Å². The highest BCUT2D eigenvalue weighted by molar-refractivity contribution is 5.81. The Kier molecular flexibility index (Phi) is 6.54. The molecule has 5 nitrogen and oxygen atoms in total. The molecule has 0 bridgehead atoms. The summed E-state index contributed by atoms with van der Waals surface area (Å²) in [4.78, 5) is 12.0. The second-order valence-electron chi connectivity index (χ2n) is 4.97. The first-order valence-corrected chi connectivity index (χ1v) is 7.06. The van der Waals surface area contributed by atoms with Crippen molar-refractivity contribution >= 4 is 5.91 Å². The summed E-state index contributed by atoms with van der Waals surface area (Å²) in [7, 11) is 1.52. The highest BCUT2D eigenvalue weighted by Gasteiger charge is 2.17. The molecule has 0 aliphatic carbocycles. The lowest BCUT2D eigenvalue weighted by atomic mass is 10.2. The van der Waals surface area contributed by atoms with Crippen LogP contribution in [0.15, 0.2) is 18.2 Å². The topological polar surface area (TPSA) is 71.3 Å². The number of hydrogen-bond donors (Lipinski definition) is 1. The van der Waals surface area contributed by atoms with E-state index in [0.29, 0.717) is 17.1 Å². The van der Waals surface area contributed by atoms with E-state index in [-0.39, 0.29) is 11.9 Å². The maximum atomic E-state index is 12.0. The van der Waals surface area contributed by atoms with Gasteiger partial charge >= 0.3 is 0 Å². The number of nitrogens with one attached hydrogen (secondary N) is 1. The first kappa shape index (κ1) is 16.8. The van der Waals surface area contributed by atoms with Gasteiger partial charge in [-0.15, -0.1) is 0 Å². The molecule has 2 unspecified atom stereocenters. The number of carbonyl (C=O) groups is 1. The predicted octanol–water partition coefficient (Wildman–Crippen LogP) is 2.64. The molecular weight excluding hydrogens is 268 g/mol. The summed E-state index contributed by atoms with van der Waals surface area (Å²) in [6.45, 7) is 5.72. The standard InChI is InChI=1S/C16H22N2O3/c1-5-6-11(2)18-16(19)12(3)21-15-8-13(10-17)7-14(9-15)20-4/h7-9,11-12H,5-6H2,1-4H3,(H,18,19). The zero-order valence-electron chi connectivity index (χ0n) is 13.0. The van der Waals surface area contributed by atoms with Crippen LogP contribution in [0.3, 0.4) is 0 Å². The summed E-state index contributed by atoms with van der Waals surface area (Å²) >= 11 is 0. The lowest BCUT2D eigenvalue weighted by Gasteiger charge is -2.18. The lowest BCUT2D eigenvalue weighted by Crippen LogP contribution is -2.41. The van der Waals surface area contributed by atoms with Crippen molar-refractivity contribution in [2.45, 2.75) is 45.8 Å². The van der Waals surface area contributed by atoms with Crippen LogP contribution in [0.1, 0.15) is 39.2 Å². The van der Waals surface area contributed by atoms with Gasteiger partial charge in [-0.3, -0.25) is 4.79 Å². The Morgan fingerprint density at radius 2 is 2.00 bits per heavy atom. The molecule has 0 saturated heterocycles. The third-order valence-electron chi connectivity index (χ3n) is 3.04. The minimum Gasteiger partial charge on any atom is -0.497 e. The number of ether oxygens (including phenoxy) is 2. The van der Waals surface area contributed by atoms with Crippen molar-refractivity contribution in [2.24, 2.45) is 0 Å². The Labute approximate surface area is 125 Å². The van der Waals surface area contributed by atoms with Gasteiger partial charge in [0.25, 0.3) is 5.91 Å². The molecule has 21 heavy (non-hydrogen) atoms. The van der Waals surface area contributed by atoms with Crippen molar-refractivity contribution in [3.63, 3.8) is 0 Å². The second-order valence-corrected chi connectivity index (χ2v) is 4.97. The van der Waals surface area contributed by atoms with Crippen LogP contribution in [0.5, 0.6) is 11.5 Å². The molecule has 1 aromatic rings. The van der Waals surface area contributed by atoms with Crippen molar-refractivity contribution in [3.05, 3.63) is 23.8 Å². The number of hydrogen-bond acceptors (Lipinski definition) is 4. The monoisotopic (exact) mass is 290 g/mol. The van der Waals surface area contributed by atoms with Gasteiger partial charge in [-0.25, -0.2) is 0 Å². The van der Waals surface area contributed by atoms with Crippen LogP contribution in [-0.2, 0) is 4.79 Å². The Morgan fingerprint density at radius 1 is 1.33 bits per heavy atom. The highest BCUT2D eigenvalue weighted by Crippen LogP contribution is 2.23. The van der Waals surface area contributed by atoms with Crippen LogP contribution in [0.2, 0.25) is 0 Å². The number of benzene rings is 1. The van der Waals surface area contributed by atoms with Gasteiger partial charge in [0.1, 0.15) is 11.5 Å². The van der Waals surface area contributed by atoms with E-state index in [9.17, 15) is 4.79 Å². The summed E-state index contributed by atoms with van der Waals surface area (Å²) in [5.41, 5.74) is 0.427. The number of carbonyl (C=O) groups excluding carboxylic acids is 1. The Bertz CT molecular complexity index is 523. The van der Waals surface area contributed by atoms with Gasteiger partial charge in [-0.1, -0.05) is 13.3 Å². The fourth-order valence-corrected chi connectivity index (χ4v) is 1.95. The molecule has 114 valence electrons. The van der Waals surface area contributed by atoms with Crippen LogP contribution < -0.4 is 14.8 Å². The average Bonchev–Trinajstić information content (AvgIpc) is 2.46. The van der Waals surface area contributed by atoms with Crippen molar-refractivity contribution in [2.75, 3.05) is 7.11 Å². The normalized spacial score (nSPS) is 12.9. The molecule has 0 aromatic heterocycles. The van der Waals surface area contributed by atoms with Gasteiger partial charge in [0.2, 0.25) is 0 Å². The van der Waals surface area contributed by atoms with Crippen LogP contribution in [0.4, 0.5) is 0 Å². The van der Waals surface area contributed by atoms with E-state index in [1.165, 1.54) is 7.11 Å². The molecule has 1 amide bonds. The molecule has 1 rings (SSSR count). The highest BCUT2D eigenvalue weighted by atomic mass is 16.5. The van der Waals surface area contributed by atoms with E-state index in [1.807, 2.05) is 13.0 Å². The summed E-state index contributed by atoms with van der Waals surface area (Å²) in [5.74, 6) is 0.796. The second kappa shape index (κ2) is 8.15. The van der Waals surface area contributed by atoms with Gasteiger partial charge in [-0.05, 0) is 32.4 Å². The molecule has 0 radical (unpaired) electrons. The molecule has 0 aliphatic heterocycles. The third-order valence-corrected chi connectivity index (χ3v) is 3.04. The molecule has 5 heteroatoms. The van der Waals surface area contributed by atoms with E-state index >= 15 is 0 Å². The molecule has 0 spiro atoms. The summed E-state index contributed by atoms with van der Waals surface area (Å²) in [5, 5.41) is 11.9. The van der Waals surface area contributed by atoms with E-state index in [2.05, 4.69) is 12.2 Å². The molecule has 0 aliphatic rings.